The van der Waals surface area contributed by atoms with E-state index in [-0.39, 0.29) is 62.1 Å². The number of non-ortho nitro benzene ring substituents is 1. The third-order valence-corrected chi connectivity index (χ3v) is 8.15. The number of alkyl halides is 3. The molecule has 184 valence electrons. The van der Waals surface area contributed by atoms with E-state index in [1.807, 2.05) is 0 Å². The molecule has 1 amide bonds. The largest absolute Gasteiger partial charge is 0.401 e. The van der Waals surface area contributed by atoms with E-state index < -0.39 is 33.6 Å². The van der Waals surface area contributed by atoms with Gasteiger partial charge in [0.05, 0.1) is 16.4 Å². The van der Waals surface area contributed by atoms with Crippen molar-refractivity contribution in [2.24, 2.45) is 5.92 Å². The molecule has 0 saturated carbocycles. The highest BCUT2D eigenvalue weighted by atomic mass is 32.2. The molecule has 0 spiro atoms. The molecule has 33 heavy (non-hydrogen) atoms. The normalized spacial score (nSPS) is 19.9. The molecule has 2 aliphatic rings. The van der Waals surface area contributed by atoms with E-state index in [4.69, 9.17) is 0 Å². The number of carbonyl (C=O) groups excluding carboxylic acids is 1. The molecule has 0 aliphatic carbocycles. The van der Waals surface area contributed by atoms with E-state index in [1.54, 1.807) is 11.8 Å². The molecule has 0 bridgehead atoms. The number of nitro groups is 1. The van der Waals surface area contributed by atoms with E-state index >= 15 is 0 Å². The van der Waals surface area contributed by atoms with Crippen LogP contribution in [0, 0.1) is 23.0 Å². The van der Waals surface area contributed by atoms with Crippen molar-refractivity contribution in [2.75, 3.05) is 45.8 Å². The van der Waals surface area contributed by atoms with Crippen molar-refractivity contribution in [3.05, 3.63) is 33.9 Å². The summed E-state index contributed by atoms with van der Waals surface area (Å²) in [5, 5.41) is 11.0. The van der Waals surface area contributed by atoms with Gasteiger partial charge in [-0.15, -0.1) is 0 Å². The number of aryl methyl sites for hydroxylation is 1. The number of rotatable bonds is 5. The fourth-order valence-corrected chi connectivity index (χ4v) is 6.04. The summed E-state index contributed by atoms with van der Waals surface area (Å²) in [6, 6.07) is 3.69. The highest BCUT2D eigenvalue weighted by molar-refractivity contribution is 7.89. The Morgan fingerprint density at radius 1 is 1.12 bits per heavy atom. The Balaban J connectivity index is 1.61. The summed E-state index contributed by atoms with van der Waals surface area (Å²) < 4.78 is 65.3. The van der Waals surface area contributed by atoms with Gasteiger partial charge in [0.1, 0.15) is 0 Å². The van der Waals surface area contributed by atoms with Crippen LogP contribution in [-0.4, -0.2) is 85.3 Å². The van der Waals surface area contributed by atoms with E-state index in [2.05, 4.69) is 0 Å². The number of hydrogen-bond donors (Lipinski definition) is 0. The lowest BCUT2D eigenvalue weighted by Crippen LogP contribution is -2.45. The van der Waals surface area contributed by atoms with Crippen LogP contribution >= 0.6 is 0 Å². The average molecular weight is 493 g/mol. The average Bonchev–Trinajstić information content (AvgIpc) is 2.97. The molecule has 0 radical (unpaired) electrons. The monoisotopic (exact) mass is 492 g/mol. The van der Waals surface area contributed by atoms with Gasteiger partial charge in [-0.1, -0.05) is 6.07 Å². The second-order valence-corrected chi connectivity index (χ2v) is 10.4. The molecule has 1 aromatic rings. The van der Waals surface area contributed by atoms with Crippen LogP contribution in [0.3, 0.4) is 0 Å². The SMILES string of the molecule is Cc1ccc([N+](=O)[O-])cc1S(=O)(=O)N1CCC(C(=O)N2CCCN(CC(F)(F)F)CC2)CC1. The first-order valence-electron chi connectivity index (χ1n) is 10.7. The third kappa shape index (κ3) is 6.21. The molecule has 1 aromatic carbocycles. The fraction of sp³-hybridized carbons (Fsp3) is 0.650. The maximum absolute atomic E-state index is 13.1. The number of halogens is 3. The van der Waals surface area contributed by atoms with Gasteiger partial charge in [-0.2, -0.15) is 17.5 Å². The number of nitro benzene ring substituents is 1. The number of sulfonamides is 1. The lowest BCUT2D eigenvalue weighted by atomic mass is 9.96. The van der Waals surface area contributed by atoms with Crippen LogP contribution in [-0.2, 0) is 14.8 Å². The van der Waals surface area contributed by atoms with E-state index in [9.17, 15) is 36.5 Å². The van der Waals surface area contributed by atoms with Crippen molar-refractivity contribution in [3.63, 3.8) is 0 Å². The van der Waals surface area contributed by atoms with Crippen LogP contribution in [0.4, 0.5) is 18.9 Å². The van der Waals surface area contributed by atoms with Gasteiger partial charge >= 0.3 is 6.18 Å². The number of hydrogen-bond acceptors (Lipinski definition) is 6. The highest BCUT2D eigenvalue weighted by Crippen LogP contribution is 2.29. The Labute approximate surface area is 190 Å². The van der Waals surface area contributed by atoms with Gasteiger partial charge in [0, 0.05) is 57.3 Å². The predicted octanol–water partition coefficient (Wildman–Crippen LogP) is 2.40. The summed E-state index contributed by atoms with van der Waals surface area (Å²) in [4.78, 5) is 26.1. The molecule has 2 fully saturated rings. The third-order valence-electron chi connectivity index (χ3n) is 6.11. The zero-order valence-electron chi connectivity index (χ0n) is 18.3. The number of amides is 1. The molecular weight excluding hydrogens is 465 g/mol. The summed E-state index contributed by atoms with van der Waals surface area (Å²) >= 11 is 0. The van der Waals surface area contributed by atoms with Gasteiger partial charge in [-0.3, -0.25) is 19.8 Å². The van der Waals surface area contributed by atoms with Gasteiger partial charge in [0.2, 0.25) is 15.9 Å². The Bertz CT molecular complexity index is 994. The maximum Gasteiger partial charge on any atom is 0.401 e. The van der Waals surface area contributed by atoms with Crippen molar-refractivity contribution in [2.45, 2.75) is 37.3 Å². The topological polar surface area (TPSA) is 104 Å². The summed E-state index contributed by atoms with van der Waals surface area (Å²) in [6.07, 6.45) is -3.26. The minimum absolute atomic E-state index is 0.0922. The Hall–Kier alpha value is -2.25. The van der Waals surface area contributed by atoms with Crippen LogP contribution in [0.1, 0.15) is 24.8 Å². The van der Waals surface area contributed by atoms with Crippen molar-refractivity contribution in [3.8, 4) is 0 Å². The summed E-state index contributed by atoms with van der Waals surface area (Å²) in [5.74, 6) is -0.566. The zero-order chi connectivity index (χ0) is 24.4. The van der Waals surface area contributed by atoms with Crippen molar-refractivity contribution in [1.82, 2.24) is 14.1 Å². The molecule has 13 heteroatoms. The molecule has 2 heterocycles. The number of nitrogens with zero attached hydrogens (tertiary/aromatic N) is 4. The van der Waals surface area contributed by atoms with E-state index in [1.165, 1.54) is 21.3 Å². The Morgan fingerprint density at radius 2 is 1.79 bits per heavy atom. The summed E-state index contributed by atoms with van der Waals surface area (Å²) in [7, 11) is -3.96. The predicted molar refractivity (Wildman–Crippen MR) is 113 cm³/mol. The summed E-state index contributed by atoms with van der Waals surface area (Å²) in [6.45, 7) is 1.74. The molecule has 0 aromatic heterocycles. The Kier molecular flexibility index (Phi) is 7.64. The second-order valence-electron chi connectivity index (χ2n) is 8.46. The molecule has 2 aliphatic heterocycles. The molecule has 0 atom stereocenters. The lowest BCUT2D eigenvalue weighted by molar-refractivity contribution is -0.385. The second kappa shape index (κ2) is 9.94. The molecule has 9 nitrogen and oxygen atoms in total. The van der Waals surface area contributed by atoms with Gasteiger partial charge in [-0.25, -0.2) is 8.42 Å². The van der Waals surface area contributed by atoms with E-state index in [0.29, 0.717) is 18.5 Å². The number of piperidine rings is 1. The minimum atomic E-state index is -4.28. The molecule has 3 rings (SSSR count). The lowest BCUT2D eigenvalue weighted by Gasteiger charge is -2.33. The van der Waals surface area contributed by atoms with Gasteiger partial charge in [0.15, 0.2) is 0 Å². The Morgan fingerprint density at radius 3 is 2.39 bits per heavy atom. The van der Waals surface area contributed by atoms with E-state index in [0.717, 1.165) is 6.07 Å². The summed E-state index contributed by atoms with van der Waals surface area (Å²) in [5.41, 5.74) is 0.0803. The first kappa shape index (κ1) is 25.4. The van der Waals surface area contributed by atoms with Crippen LogP contribution in [0.2, 0.25) is 0 Å². The van der Waals surface area contributed by atoms with Crippen LogP contribution in [0.15, 0.2) is 23.1 Å². The first-order valence-corrected chi connectivity index (χ1v) is 12.2. The smallest absolute Gasteiger partial charge is 0.341 e. The standard InChI is InChI=1S/C20H27F3N4O5S/c1-15-3-4-17(27(29)30)13-18(15)33(31,32)26-9-5-16(6-10-26)19(28)25-8-2-7-24(11-12-25)14-20(21,22)23/h3-4,13,16H,2,5-12,14H2,1H3. The van der Waals surface area contributed by atoms with Gasteiger partial charge < -0.3 is 4.90 Å². The molecule has 2 saturated heterocycles. The maximum atomic E-state index is 13.1. The molecule has 0 unspecified atom stereocenters. The van der Waals surface area contributed by atoms with Gasteiger partial charge in [-0.05, 0) is 31.7 Å². The van der Waals surface area contributed by atoms with Gasteiger partial charge in [0.25, 0.3) is 5.69 Å². The quantitative estimate of drug-likeness (QED) is 0.462. The van der Waals surface area contributed by atoms with Crippen molar-refractivity contribution < 1.29 is 31.3 Å². The van der Waals surface area contributed by atoms with Crippen molar-refractivity contribution >= 4 is 21.6 Å². The fourth-order valence-electron chi connectivity index (χ4n) is 4.32. The van der Waals surface area contributed by atoms with Crippen molar-refractivity contribution in [1.29, 1.82) is 0 Å². The molecular formula is C20H27F3N4O5S. The minimum Gasteiger partial charge on any atom is -0.341 e. The highest BCUT2D eigenvalue weighted by Gasteiger charge is 2.36. The zero-order valence-corrected chi connectivity index (χ0v) is 19.1. The van der Waals surface area contributed by atoms with Crippen LogP contribution in [0.25, 0.3) is 0 Å². The molecule has 0 N–H and O–H groups in total. The first-order chi connectivity index (χ1) is 15.4. The van der Waals surface area contributed by atoms with Crippen LogP contribution in [0.5, 0.6) is 0 Å². The number of benzene rings is 1. The van der Waals surface area contributed by atoms with Crippen LogP contribution < -0.4 is 0 Å². The number of carbonyl (C=O) groups is 1.